The Morgan fingerprint density at radius 1 is 1.06 bits per heavy atom. The zero-order valence-electron chi connectivity index (χ0n) is 7.87. The summed E-state index contributed by atoms with van der Waals surface area (Å²) in [4.78, 5) is 0. The second kappa shape index (κ2) is 5.83. The molecule has 0 atom stereocenters. The summed E-state index contributed by atoms with van der Waals surface area (Å²) in [6.45, 7) is -6.04. The Balaban J connectivity index is 2.91. The van der Waals surface area contributed by atoms with Crippen LogP contribution >= 0.6 is 12.6 Å². The minimum absolute atomic E-state index is 0.150. The van der Waals surface area contributed by atoms with Crippen LogP contribution in [-0.4, -0.2) is 13.2 Å². The highest BCUT2D eigenvalue weighted by Gasteiger charge is 2.12. The molecule has 0 spiro atoms. The first kappa shape index (κ1) is 13.0. The molecule has 0 bridgehead atoms. The summed E-state index contributed by atoms with van der Waals surface area (Å²) >= 11 is 3.89. The van der Waals surface area contributed by atoms with E-state index in [-0.39, 0.29) is 17.3 Å². The Labute approximate surface area is 94.6 Å². The first-order valence-electron chi connectivity index (χ1n) is 4.16. The van der Waals surface area contributed by atoms with E-state index in [0.717, 1.165) is 6.07 Å². The fourth-order valence-electron chi connectivity index (χ4n) is 1.05. The minimum atomic E-state index is -3.03. The summed E-state index contributed by atoms with van der Waals surface area (Å²) in [7, 11) is 0. The molecule has 0 aliphatic carbocycles. The highest BCUT2D eigenvalue weighted by molar-refractivity contribution is 7.79. The van der Waals surface area contributed by atoms with Gasteiger partial charge < -0.3 is 9.47 Å². The average molecular weight is 256 g/mol. The van der Waals surface area contributed by atoms with Crippen LogP contribution in [0.5, 0.6) is 11.5 Å². The van der Waals surface area contributed by atoms with Crippen LogP contribution in [0.2, 0.25) is 0 Å². The molecule has 16 heavy (non-hydrogen) atoms. The fourth-order valence-corrected chi connectivity index (χ4v) is 1.31. The lowest BCUT2D eigenvalue weighted by Gasteiger charge is -2.11. The maximum atomic E-state index is 12.0. The van der Waals surface area contributed by atoms with Gasteiger partial charge in [-0.3, -0.25) is 0 Å². The molecule has 0 aromatic heterocycles. The molecular formula is C9H8F4O2S. The third-order valence-electron chi connectivity index (χ3n) is 1.65. The molecule has 0 radical (unpaired) electrons. The minimum Gasteiger partial charge on any atom is -0.435 e. The molecule has 0 aliphatic heterocycles. The van der Waals surface area contributed by atoms with Crippen molar-refractivity contribution in [1.82, 2.24) is 0 Å². The van der Waals surface area contributed by atoms with E-state index < -0.39 is 13.2 Å². The lowest BCUT2D eigenvalue weighted by Crippen LogP contribution is -2.06. The Kier molecular flexibility index (Phi) is 4.72. The van der Waals surface area contributed by atoms with Crippen LogP contribution in [0.3, 0.4) is 0 Å². The summed E-state index contributed by atoms with van der Waals surface area (Å²) < 4.78 is 55.9. The molecule has 90 valence electrons. The summed E-state index contributed by atoms with van der Waals surface area (Å²) in [5.41, 5.74) is 0.366. The molecular weight excluding hydrogens is 248 g/mol. The fraction of sp³-hybridized carbons (Fsp3) is 0.333. The molecule has 2 nitrogen and oxygen atoms in total. The number of thiol groups is 1. The van der Waals surface area contributed by atoms with Crippen molar-refractivity contribution in [3.8, 4) is 11.5 Å². The molecule has 1 rings (SSSR count). The smallest absolute Gasteiger partial charge is 0.387 e. The lowest BCUT2D eigenvalue weighted by molar-refractivity contribution is -0.0545. The van der Waals surface area contributed by atoms with Crippen molar-refractivity contribution < 1.29 is 27.0 Å². The quantitative estimate of drug-likeness (QED) is 0.643. The van der Waals surface area contributed by atoms with Crippen molar-refractivity contribution in [1.29, 1.82) is 0 Å². The summed E-state index contributed by atoms with van der Waals surface area (Å²) in [6.07, 6.45) is 0. The normalized spacial score (nSPS) is 10.9. The number of hydrogen-bond donors (Lipinski definition) is 1. The molecule has 0 saturated carbocycles. The lowest BCUT2D eigenvalue weighted by atomic mass is 10.2. The van der Waals surface area contributed by atoms with E-state index in [1.165, 1.54) is 12.1 Å². The number of ether oxygens (including phenoxy) is 2. The summed E-state index contributed by atoms with van der Waals surface area (Å²) in [6, 6.07) is 3.54. The second-order valence-corrected chi connectivity index (χ2v) is 3.00. The number of rotatable bonds is 5. The summed E-state index contributed by atoms with van der Waals surface area (Å²) in [5, 5.41) is 0. The number of benzene rings is 1. The predicted molar refractivity (Wildman–Crippen MR) is 52.4 cm³/mol. The van der Waals surface area contributed by atoms with E-state index in [0.29, 0.717) is 5.56 Å². The van der Waals surface area contributed by atoms with Gasteiger partial charge in [-0.15, -0.1) is 0 Å². The van der Waals surface area contributed by atoms with Gasteiger partial charge in [0.1, 0.15) is 11.5 Å². The summed E-state index contributed by atoms with van der Waals surface area (Å²) in [5.74, 6) is -0.309. The van der Waals surface area contributed by atoms with Crippen LogP contribution in [0.15, 0.2) is 18.2 Å². The van der Waals surface area contributed by atoms with Gasteiger partial charge in [0, 0.05) is 17.4 Å². The highest BCUT2D eigenvalue weighted by Crippen LogP contribution is 2.28. The van der Waals surface area contributed by atoms with Crippen LogP contribution in [0.1, 0.15) is 5.56 Å². The number of alkyl halides is 4. The van der Waals surface area contributed by atoms with Crippen molar-refractivity contribution in [2.24, 2.45) is 0 Å². The van der Waals surface area contributed by atoms with Crippen LogP contribution in [-0.2, 0) is 5.75 Å². The highest BCUT2D eigenvalue weighted by atomic mass is 32.1. The van der Waals surface area contributed by atoms with Crippen molar-refractivity contribution >= 4 is 12.6 Å². The standard InChI is InChI=1S/C9H8F4O2S/c10-8(11)14-6-2-1-5(4-16)7(3-6)15-9(12)13/h1-3,8-9,16H,4H2. The topological polar surface area (TPSA) is 18.5 Å². The van der Waals surface area contributed by atoms with E-state index >= 15 is 0 Å². The zero-order chi connectivity index (χ0) is 12.1. The first-order valence-corrected chi connectivity index (χ1v) is 4.79. The van der Waals surface area contributed by atoms with E-state index in [2.05, 4.69) is 22.1 Å². The zero-order valence-corrected chi connectivity index (χ0v) is 8.76. The average Bonchev–Trinajstić information content (AvgIpc) is 2.16. The molecule has 0 aliphatic rings. The molecule has 0 N–H and O–H groups in total. The van der Waals surface area contributed by atoms with Gasteiger partial charge in [-0.25, -0.2) is 0 Å². The largest absolute Gasteiger partial charge is 0.435 e. The van der Waals surface area contributed by atoms with Gasteiger partial charge in [0.15, 0.2) is 0 Å². The predicted octanol–water partition coefficient (Wildman–Crippen LogP) is 3.32. The second-order valence-electron chi connectivity index (χ2n) is 2.68. The molecule has 0 fully saturated rings. The Morgan fingerprint density at radius 2 is 1.69 bits per heavy atom. The van der Waals surface area contributed by atoms with Gasteiger partial charge >= 0.3 is 13.2 Å². The van der Waals surface area contributed by atoms with Crippen molar-refractivity contribution in [2.45, 2.75) is 19.0 Å². The van der Waals surface area contributed by atoms with Crippen LogP contribution in [0.4, 0.5) is 17.6 Å². The van der Waals surface area contributed by atoms with Gasteiger partial charge in [0.25, 0.3) is 0 Å². The van der Waals surface area contributed by atoms with E-state index in [1.54, 1.807) is 0 Å². The van der Waals surface area contributed by atoms with E-state index in [9.17, 15) is 17.6 Å². The Bertz CT molecular complexity index is 346. The molecule has 1 aromatic carbocycles. The number of hydrogen-bond acceptors (Lipinski definition) is 3. The van der Waals surface area contributed by atoms with Gasteiger partial charge in [0.2, 0.25) is 0 Å². The third-order valence-corrected chi connectivity index (χ3v) is 1.99. The SMILES string of the molecule is FC(F)Oc1ccc(CS)c(OC(F)F)c1. The molecule has 1 aromatic rings. The van der Waals surface area contributed by atoms with Gasteiger partial charge in [-0.05, 0) is 6.07 Å². The maximum absolute atomic E-state index is 12.0. The van der Waals surface area contributed by atoms with Gasteiger partial charge in [0.05, 0.1) is 0 Å². The van der Waals surface area contributed by atoms with Crippen LogP contribution in [0, 0.1) is 0 Å². The van der Waals surface area contributed by atoms with Crippen molar-refractivity contribution in [2.75, 3.05) is 0 Å². The van der Waals surface area contributed by atoms with Crippen LogP contribution < -0.4 is 9.47 Å². The van der Waals surface area contributed by atoms with Gasteiger partial charge in [-0.1, -0.05) is 6.07 Å². The van der Waals surface area contributed by atoms with Crippen molar-refractivity contribution in [3.63, 3.8) is 0 Å². The molecule has 0 unspecified atom stereocenters. The third kappa shape index (κ3) is 3.80. The van der Waals surface area contributed by atoms with Crippen LogP contribution in [0.25, 0.3) is 0 Å². The molecule has 0 amide bonds. The molecule has 7 heteroatoms. The van der Waals surface area contributed by atoms with Gasteiger partial charge in [-0.2, -0.15) is 30.2 Å². The monoisotopic (exact) mass is 256 g/mol. The first-order chi connectivity index (χ1) is 7.52. The number of halogens is 4. The van der Waals surface area contributed by atoms with E-state index in [4.69, 9.17) is 0 Å². The maximum Gasteiger partial charge on any atom is 0.387 e. The van der Waals surface area contributed by atoms with E-state index in [1.807, 2.05) is 0 Å². The molecule has 0 saturated heterocycles. The molecule has 0 heterocycles. The Hall–Kier alpha value is -1.11. The Morgan fingerprint density at radius 3 is 2.19 bits per heavy atom. The van der Waals surface area contributed by atoms with Crippen molar-refractivity contribution in [3.05, 3.63) is 23.8 Å².